The summed E-state index contributed by atoms with van der Waals surface area (Å²) in [4.78, 5) is 14.0. The molecule has 1 saturated heterocycles. The Morgan fingerprint density at radius 2 is 2.00 bits per heavy atom. The number of benzene rings is 1. The zero-order chi connectivity index (χ0) is 16.7. The Bertz CT molecular complexity index is 487. The third kappa shape index (κ3) is 5.92. The van der Waals surface area contributed by atoms with E-state index in [2.05, 4.69) is 5.32 Å². The van der Waals surface area contributed by atoms with Crippen LogP contribution < -0.4 is 10.1 Å². The Kier molecular flexibility index (Phi) is 6.99. The van der Waals surface area contributed by atoms with Gasteiger partial charge in [-0.3, -0.25) is 0 Å². The zero-order valence-electron chi connectivity index (χ0n) is 13.8. The first kappa shape index (κ1) is 17.9. The van der Waals surface area contributed by atoms with Gasteiger partial charge in [-0.05, 0) is 51.0 Å². The average molecular weight is 341 g/mol. The van der Waals surface area contributed by atoms with E-state index in [0.29, 0.717) is 11.6 Å². The van der Waals surface area contributed by atoms with E-state index in [1.165, 1.54) is 0 Å². The van der Waals surface area contributed by atoms with E-state index in [1.807, 2.05) is 30.9 Å². The molecule has 1 aromatic rings. The van der Waals surface area contributed by atoms with Gasteiger partial charge >= 0.3 is 6.03 Å². The number of urea groups is 1. The van der Waals surface area contributed by atoms with Gasteiger partial charge < -0.3 is 19.7 Å². The molecule has 2 amide bonds. The van der Waals surface area contributed by atoms with Gasteiger partial charge in [-0.25, -0.2) is 4.79 Å². The fourth-order valence-corrected chi connectivity index (χ4v) is 2.72. The smallest absolute Gasteiger partial charge is 0.317 e. The van der Waals surface area contributed by atoms with E-state index in [4.69, 9.17) is 21.1 Å². The number of ether oxygens (including phenoxy) is 2. The molecule has 5 nitrogen and oxygen atoms in total. The summed E-state index contributed by atoms with van der Waals surface area (Å²) in [5, 5.41) is 3.60. The number of likely N-dealkylation sites (tertiary alicyclic amines) is 1. The minimum Gasteiger partial charge on any atom is -0.489 e. The highest BCUT2D eigenvalue weighted by atomic mass is 35.5. The van der Waals surface area contributed by atoms with Crippen LogP contribution in [0.25, 0.3) is 0 Å². The molecule has 0 aliphatic carbocycles. The van der Waals surface area contributed by atoms with Crippen LogP contribution in [0.3, 0.4) is 0 Å². The molecule has 1 aliphatic heterocycles. The molecule has 1 N–H and O–H groups in total. The van der Waals surface area contributed by atoms with Gasteiger partial charge in [0.2, 0.25) is 0 Å². The van der Waals surface area contributed by atoms with E-state index in [-0.39, 0.29) is 18.2 Å². The molecule has 6 heteroatoms. The van der Waals surface area contributed by atoms with E-state index in [0.717, 1.165) is 38.3 Å². The summed E-state index contributed by atoms with van der Waals surface area (Å²) in [5.41, 5.74) is 0. The first-order valence-electron chi connectivity index (χ1n) is 8.15. The molecule has 1 atom stereocenters. The van der Waals surface area contributed by atoms with Gasteiger partial charge in [-0.2, -0.15) is 0 Å². The number of carbonyl (C=O) groups is 1. The third-order valence-corrected chi connectivity index (χ3v) is 4.08. The Hall–Kier alpha value is -1.46. The fraction of sp³-hybridized carbons (Fsp3) is 0.588. The van der Waals surface area contributed by atoms with Crippen LogP contribution in [-0.2, 0) is 4.74 Å². The molecule has 1 aliphatic rings. The van der Waals surface area contributed by atoms with Gasteiger partial charge in [0, 0.05) is 24.7 Å². The van der Waals surface area contributed by atoms with Crippen molar-refractivity contribution in [3.63, 3.8) is 0 Å². The van der Waals surface area contributed by atoms with Crippen LogP contribution in [-0.4, -0.2) is 49.4 Å². The molecule has 0 spiro atoms. The highest BCUT2D eigenvalue weighted by molar-refractivity contribution is 6.30. The molecule has 0 radical (unpaired) electrons. The second kappa shape index (κ2) is 8.99. The summed E-state index contributed by atoms with van der Waals surface area (Å²) in [6.45, 7) is 6.60. The topological polar surface area (TPSA) is 50.8 Å². The van der Waals surface area contributed by atoms with Crippen molar-refractivity contribution in [3.05, 3.63) is 29.3 Å². The Morgan fingerprint density at radius 3 is 2.61 bits per heavy atom. The number of halogens is 1. The highest BCUT2D eigenvalue weighted by Crippen LogP contribution is 2.17. The van der Waals surface area contributed by atoms with Gasteiger partial charge in [0.05, 0.1) is 12.6 Å². The lowest BCUT2D eigenvalue weighted by atomic mass is 10.1. The van der Waals surface area contributed by atoms with Gasteiger partial charge in [-0.15, -0.1) is 0 Å². The predicted molar refractivity (Wildman–Crippen MR) is 91.2 cm³/mol. The van der Waals surface area contributed by atoms with Crippen LogP contribution in [0.2, 0.25) is 5.02 Å². The molecule has 0 unspecified atom stereocenters. The molecular weight excluding hydrogens is 316 g/mol. The molecule has 1 heterocycles. The molecule has 23 heavy (non-hydrogen) atoms. The summed E-state index contributed by atoms with van der Waals surface area (Å²) in [6.07, 6.45) is 1.98. The van der Waals surface area contributed by atoms with Crippen molar-refractivity contribution >= 4 is 17.6 Å². The maximum atomic E-state index is 12.2. The summed E-state index contributed by atoms with van der Waals surface area (Å²) >= 11 is 5.84. The van der Waals surface area contributed by atoms with Crippen molar-refractivity contribution in [3.8, 4) is 5.75 Å². The van der Waals surface area contributed by atoms with Crippen molar-refractivity contribution < 1.29 is 14.3 Å². The van der Waals surface area contributed by atoms with Crippen molar-refractivity contribution in [1.82, 2.24) is 10.2 Å². The number of rotatable bonds is 6. The minimum atomic E-state index is -0.110. The lowest BCUT2D eigenvalue weighted by Crippen LogP contribution is -2.47. The fourth-order valence-electron chi connectivity index (χ4n) is 2.59. The number of piperidine rings is 1. The summed E-state index contributed by atoms with van der Waals surface area (Å²) in [6, 6.07) is 7.17. The van der Waals surface area contributed by atoms with Crippen LogP contribution in [0.15, 0.2) is 24.3 Å². The summed E-state index contributed by atoms with van der Waals surface area (Å²) in [7, 11) is 0. The average Bonchev–Trinajstić information content (AvgIpc) is 2.56. The number of hydrogen-bond donors (Lipinski definition) is 1. The largest absolute Gasteiger partial charge is 0.489 e. The number of carbonyl (C=O) groups excluding carboxylic acids is 1. The molecular formula is C17H25ClN2O3. The molecule has 0 saturated carbocycles. The SMILES string of the molecule is CCOC1CCN(C(=O)NC[C@H](C)Oc2ccc(Cl)cc2)CC1. The summed E-state index contributed by atoms with van der Waals surface area (Å²) in [5.74, 6) is 0.744. The monoisotopic (exact) mass is 340 g/mol. The van der Waals surface area contributed by atoms with Crippen molar-refractivity contribution in [2.75, 3.05) is 26.2 Å². The molecule has 1 fully saturated rings. The maximum Gasteiger partial charge on any atom is 0.317 e. The lowest BCUT2D eigenvalue weighted by Gasteiger charge is -2.32. The predicted octanol–water partition coefficient (Wildman–Crippen LogP) is 3.32. The first-order valence-corrected chi connectivity index (χ1v) is 8.53. The van der Waals surface area contributed by atoms with Crippen LogP contribution in [0, 0.1) is 0 Å². The second-order valence-corrected chi connectivity index (χ2v) is 6.15. The maximum absolute atomic E-state index is 12.2. The number of nitrogens with one attached hydrogen (secondary N) is 1. The molecule has 0 aromatic heterocycles. The molecule has 0 bridgehead atoms. The zero-order valence-corrected chi connectivity index (χ0v) is 14.5. The number of hydrogen-bond acceptors (Lipinski definition) is 3. The van der Waals surface area contributed by atoms with Gasteiger partial charge in [-0.1, -0.05) is 11.6 Å². The Balaban J connectivity index is 1.68. The van der Waals surface area contributed by atoms with Gasteiger partial charge in [0.25, 0.3) is 0 Å². The van der Waals surface area contributed by atoms with Crippen LogP contribution in [0.1, 0.15) is 26.7 Å². The van der Waals surface area contributed by atoms with Crippen molar-refractivity contribution in [2.45, 2.75) is 38.9 Å². The van der Waals surface area contributed by atoms with Crippen LogP contribution >= 0.6 is 11.6 Å². The molecule has 128 valence electrons. The second-order valence-electron chi connectivity index (χ2n) is 5.71. The number of nitrogens with zero attached hydrogens (tertiary/aromatic N) is 1. The van der Waals surface area contributed by atoms with E-state index < -0.39 is 0 Å². The third-order valence-electron chi connectivity index (χ3n) is 3.82. The van der Waals surface area contributed by atoms with Gasteiger partial charge in [0.1, 0.15) is 11.9 Å². The molecule has 2 rings (SSSR count). The van der Waals surface area contributed by atoms with Crippen LogP contribution in [0.4, 0.5) is 4.79 Å². The highest BCUT2D eigenvalue weighted by Gasteiger charge is 2.23. The quantitative estimate of drug-likeness (QED) is 0.864. The Morgan fingerprint density at radius 1 is 1.35 bits per heavy atom. The lowest BCUT2D eigenvalue weighted by molar-refractivity contribution is 0.0218. The van der Waals surface area contributed by atoms with Gasteiger partial charge in [0.15, 0.2) is 0 Å². The minimum absolute atomic E-state index is 0.0356. The first-order chi connectivity index (χ1) is 11.1. The van der Waals surface area contributed by atoms with E-state index in [9.17, 15) is 4.79 Å². The Labute approximate surface area is 142 Å². The summed E-state index contributed by atoms with van der Waals surface area (Å²) < 4.78 is 11.3. The molecule has 1 aromatic carbocycles. The van der Waals surface area contributed by atoms with Crippen molar-refractivity contribution in [1.29, 1.82) is 0 Å². The van der Waals surface area contributed by atoms with Crippen molar-refractivity contribution in [2.24, 2.45) is 0 Å². The number of amides is 2. The van der Waals surface area contributed by atoms with Crippen LogP contribution in [0.5, 0.6) is 5.75 Å². The standard InChI is InChI=1S/C17H25ClN2O3/c1-3-22-15-8-10-20(11-9-15)17(21)19-12-13(2)23-16-6-4-14(18)5-7-16/h4-7,13,15H,3,8-12H2,1-2H3,(H,19,21)/t13-/m0/s1. The van der Waals surface area contributed by atoms with E-state index >= 15 is 0 Å². The van der Waals surface area contributed by atoms with E-state index in [1.54, 1.807) is 12.1 Å². The normalized spacial score (nSPS) is 16.9.